The molecule has 0 radical (unpaired) electrons. The number of benzene rings is 6. The van der Waals surface area contributed by atoms with Crippen LogP contribution in [-0.2, 0) is 20.8 Å². The van der Waals surface area contributed by atoms with E-state index in [4.69, 9.17) is 14.2 Å². The molecule has 0 aliphatic carbocycles. The van der Waals surface area contributed by atoms with Crippen LogP contribution in [0.3, 0.4) is 0 Å². The molecule has 0 atom stereocenters. The third-order valence-electron chi connectivity index (χ3n) is 13.4. The second kappa shape index (κ2) is 30.1. The summed E-state index contributed by atoms with van der Waals surface area (Å²) in [6, 6.07) is 38.6. The summed E-state index contributed by atoms with van der Waals surface area (Å²) in [4.78, 5) is 109. The minimum absolute atomic E-state index is 0.123. The number of hydrogen-bond donors (Lipinski definition) is 3. The Bertz CT molecular complexity index is 3840. The molecule has 1 heterocycles. The van der Waals surface area contributed by atoms with Crippen LogP contribution in [0.4, 0.5) is 65.6 Å². The lowest BCUT2D eigenvalue weighted by atomic mass is 10.1. The van der Waals surface area contributed by atoms with E-state index in [9.17, 15) is 14.4 Å². The number of nitrogens with one attached hydrogen (secondary N) is 3. The molecule has 7 aromatic rings. The zero-order valence-corrected chi connectivity index (χ0v) is 49.2. The summed E-state index contributed by atoms with van der Waals surface area (Å²) in [5.74, 6) is 0. The van der Waals surface area contributed by atoms with Gasteiger partial charge in [-0.15, -0.1) is 0 Å². The predicted molar refractivity (Wildman–Crippen MR) is 332 cm³/mol. The summed E-state index contributed by atoms with van der Waals surface area (Å²) < 4.78 is 18.6. The number of hydrogen-bond acceptors (Lipinski definition) is 15. The molecule has 1 aromatic heterocycles. The maximum atomic E-state index is 15.1. The molecule has 7 rings (SSSR count). The lowest BCUT2D eigenvalue weighted by Crippen LogP contribution is -2.53. The number of carbonyl (C=O) groups is 3. The Kier molecular flexibility index (Phi) is 22.1. The van der Waals surface area contributed by atoms with Gasteiger partial charge in [-0.3, -0.25) is 16.0 Å². The second-order valence-corrected chi connectivity index (χ2v) is 20.0. The molecule has 85 heavy (non-hydrogen) atoms. The zero-order valence-electron chi connectivity index (χ0n) is 49.2. The number of carbonyl (C=O) groups excluding carboxylic acids is 3. The fourth-order valence-corrected chi connectivity index (χ4v) is 8.25. The smallest absolute Gasteiger partial charge is 0.411 e. The van der Waals surface area contributed by atoms with Crippen LogP contribution in [0.1, 0.15) is 98.2 Å². The fourth-order valence-electron chi connectivity index (χ4n) is 8.25. The van der Waals surface area contributed by atoms with Gasteiger partial charge in [0.1, 0.15) is 18.0 Å². The Hall–Kier alpha value is -10.3. The maximum absolute atomic E-state index is 15.1. The fraction of sp³-hybridized carbons (Fsp3) is 0.297. The van der Waals surface area contributed by atoms with Crippen LogP contribution >= 0.6 is 0 Å². The van der Waals surface area contributed by atoms with Gasteiger partial charge in [0.15, 0.2) is 0 Å². The molecule has 3 N–H and O–H groups in total. The van der Waals surface area contributed by atoms with Crippen molar-refractivity contribution in [1.29, 1.82) is 0 Å². The molecular formula is C64H68N12O9. The van der Waals surface area contributed by atoms with Crippen molar-refractivity contribution in [2.24, 2.45) is 30.0 Å². The highest BCUT2D eigenvalue weighted by molar-refractivity contribution is 5.88. The van der Waals surface area contributed by atoms with Crippen molar-refractivity contribution >= 4 is 87.5 Å². The topological polar surface area (TPSA) is 255 Å². The van der Waals surface area contributed by atoms with Gasteiger partial charge in [-0.05, 0) is 173 Å². The highest BCUT2D eigenvalue weighted by atomic mass is 16.6. The molecule has 0 fully saturated rings. The van der Waals surface area contributed by atoms with E-state index in [2.05, 4.69) is 63.9 Å². The van der Waals surface area contributed by atoms with E-state index in [0.29, 0.717) is 81.9 Å². The van der Waals surface area contributed by atoms with E-state index in [-0.39, 0.29) is 29.3 Å². The summed E-state index contributed by atoms with van der Waals surface area (Å²) in [5.41, 5.74) is 5.73. The SMILES string of the molecule is CCCCOC(=O)Nc1cc(N=C=Nc2ccc(C)c(Cn3c(=O)n(-c4cc(N=C=Nc5ccc(C)c(NC(=O)OCCCC)c5)ccc4C)c(=O)n(-c4cc(N=C=Nc5ccc(C)c(NC(=O)OCCCC)c5)ccc4C)c3=O)c2)ccc1C. The Labute approximate surface area is 492 Å². The Balaban J connectivity index is 1.29. The standard InChI is InChI=1S/C64H68N12O9/c1-10-13-28-83-59(77)71-54-32-49(23-17-42(54)5)66-38-65-48-22-16-41(4)47(31-48)37-74-62(80)75(57-35-52(26-20-45(57)8)69-39-67-50-24-18-43(6)55(33-50)72-60(78)84-29-14-11-2)64(82)76(63(74)81)58-36-53(27-21-46(58)9)70-40-68-51-25-19-44(7)56(34-51)73-61(79)85-30-15-12-3/h16-27,31-36H,10-15,28-30,37H2,1-9H3,(H,71,77)(H,72,78)(H,73,79). The van der Waals surface area contributed by atoms with Crippen molar-refractivity contribution in [3.63, 3.8) is 0 Å². The number of aliphatic imine (C=N–C) groups is 6. The van der Waals surface area contributed by atoms with Crippen LogP contribution in [0.2, 0.25) is 0 Å². The molecule has 0 saturated carbocycles. The molecule has 0 aliphatic rings. The summed E-state index contributed by atoms with van der Waals surface area (Å²) in [5, 5.41) is 8.25. The molecule has 3 amide bonds. The van der Waals surface area contributed by atoms with Gasteiger partial charge in [0.2, 0.25) is 0 Å². The number of unbranched alkanes of at least 4 members (excludes halogenated alkanes) is 3. The van der Waals surface area contributed by atoms with Gasteiger partial charge in [0.25, 0.3) is 0 Å². The maximum Gasteiger partial charge on any atom is 0.411 e. The van der Waals surface area contributed by atoms with Gasteiger partial charge in [0.05, 0.1) is 71.9 Å². The molecule has 21 nitrogen and oxygen atoms in total. The third-order valence-corrected chi connectivity index (χ3v) is 13.4. The number of anilines is 3. The van der Waals surface area contributed by atoms with Crippen LogP contribution in [0.5, 0.6) is 0 Å². The lowest BCUT2D eigenvalue weighted by Gasteiger charge is -2.17. The first-order valence-corrected chi connectivity index (χ1v) is 27.9. The molecular weight excluding hydrogens is 1080 g/mol. The van der Waals surface area contributed by atoms with Gasteiger partial charge < -0.3 is 14.2 Å². The quantitative estimate of drug-likeness (QED) is 0.0331. The average Bonchev–Trinajstić information content (AvgIpc) is 2.02. The first-order chi connectivity index (χ1) is 41.0. The van der Waals surface area contributed by atoms with Crippen LogP contribution in [0.15, 0.2) is 154 Å². The highest BCUT2D eigenvalue weighted by Gasteiger charge is 2.22. The first kappa shape index (κ1) is 62.3. The molecule has 21 heteroatoms. The van der Waals surface area contributed by atoms with Crippen molar-refractivity contribution < 1.29 is 28.6 Å². The summed E-state index contributed by atoms with van der Waals surface area (Å²) in [6.45, 7) is 17.4. The number of rotatable bonds is 22. The molecule has 0 saturated heterocycles. The van der Waals surface area contributed by atoms with Crippen LogP contribution in [0, 0.1) is 41.5 Å². The van der Waals surface area contributed by atoms with E-state index >= 15 is 14.4 Å². The Morgan fingerprint density at radius 3 is 1.02 bits per heavy atom. The van der Waals surface area contributed by atoms with Crippen molar-refractivity contribution in [1.82, 2.24) is 13.7 Å². The first-order valence-electron chi connectivity index (χ1n) is 27.9. The summed E-state index contributed by atoms with van der Waals surface area (Å²) in [7, 11) is 0. The van der Waals surface area contributed by atoms with Crippen LogP contribution < -0.4 is 33.0 Å². The van der Waals surface area contributed by atoms with Crippen molar-refractivity contribution in [3.05, 3.63) is 180 Å². The normalized spacial score (nSPS) is 10.6. The van der Waals surface area contributed by atoms with E-state index < -0.39 is 35.3 Å². The minimum atomic E-state index is -0.975. The van der Waals surface area contributed by atoms with Crippen molar-refractivity contribution in [3.8, 4) is 11.4 Å². The van der Waals surface area contributed by atoms with Crippen molar-refractivity contribution in [2.75, 3.05) is 35.8 Å². The number of nitrogens with zero attached hydrogens (tertiary/aromatic N) is 9. The second-order valence-electron chi connectivity index (χ2n) is 20.0. The predicted octanol–water partition coefficient (Wildman–Crippen LogP) is 14.5. The molecule has 0 unspecified atom stereocenters. The van der Waals surface area contributed by atoms with Crippen LogP contribution in [-0.4, -0.2) is 69.8 Å². The Morgan fingerprint density at radius 2 is 0.694 bits per heavy atom. The van der Waals surface area contributed by atoms with Gasteiger partial charge >= 0.3 is 35.3 Å². The monoisotopic (exact) mass is 1150 g/mol. The lowest BCUT2D eigenvalue weighted by molar-refractivity contribution is 0.159. The largest absolute Gasteiger partial charge is 0.449 e. The van der Waals surface area contributed by atoms with Crippen molar-refractivity contribution in [2.45, 2.75) is 107 Å². The summed E-state index contributed by atoms with van der Waals surface area (Å²) in [6.07, 6.45) is 3.12. The van der Waals surface area contributed by atoms with Crippen LogP contribution in [0.25, 0.3) is 11.4 Å². The van der Waals surface area contributed by atoms with Gasteiger partial charge in [-0.25, -0.2) is 42.5 Å². The number of ether oxygens (including phenoxy) is 3. The van der Waals surface area contributed by atoms with E-state index in [1.165, 1.54) is 12.1 Å². The van der Waals surface area contributed by atoms with Gasteiger partial charge in [-0.2, -0.15) is 30.0 Å². The average molecular weight is 1150 g/mol. The highest BCUT2D eigenvalue weighted by Crippen LogP contribution is 2.27. The summed E-state index contributed by atoms with van der Waals surface area (Å²) >= 11 is 0. The molecule has 0 aliphatic heterocycles. The van der Waals surface area contributed by atoms with E-state index in [1.54, 1.807) is 111 Å². The molecule has 6 aromatic carbocycles. The van der Waals surface area contributed by atoms with Gasteiger partial charge in [0, 0.05) is 17.1 Å². The minimum Gasteiger partial charge on any atom is -0.449 e. The van der Waals surface area contributed by atoms with Gasteiger partial charge in [-0.1, -0.05) is 76.4 Å². The zero-order chi connectivity index (χ0) is 61.0. The number of aromatic nitrogens is 3. The number of amides is 3. The number of aryl methyl sites for hydroxylation is 6. The van der Waals surface area contributed by atoms with E-state index in [0.717, 1.165) is 68.9 Å². The van der Waals surface area contributed by atoms with E-state index in [1.807, 2.05) is 48.5 Å². The molecule has 0 spiro atoms. The third kappa shape index (κ3) is 17.1. The molecule has 438 valence electrons. The molecule has 0 bridgehead atoms. The Morgan fingerprint density at radius 1 is 0.400 bits per heavy atom.